The van der Waals surface area contributed by atoms with Crippen LogP contribution in [0.1, 0.15) is 24.8 Å². The van der Waals surface area contributed by atoms with E-state index >= 15 is 0 Å². The molecule has 1 aromatic carbocycles. The summed E-state index contributed by atoms with van der Waals surface area (Å²) in [6, 6.07) is 1.69. The molecule has 1 saturated carbocycles. The first-order valence-electron chi connectivity index (χ1n) is 6.21. The summed E-state index contributed by atoms with van der Waals surface area (Å²) in [5, 5.41) is 0.363. The van der Waals surface area contributed by atoms with Crippen LogP contribution in [0.5, 0.6) is 17.2 Å². The quantitative estimate of drug-likeness (QED) is 0.619. The molecule has 0 radical (unpaired) electrons. The number of nitrogens with zero attached hydrogens (tertiary/aromatic N) is 1. The van der Waals surface area contributed by atoms with Crippen molar-refractivity contribution in [2.45, 2.75) is 24.8 Å². The van der Waals surface area contributed by atoms with Crippen LogP contribution in [0.4, 0.5) is 0 Å². The van der Waals surface area contributed by atoms with Crippen molar-refractivity contribution in [1.82, 2.24) is 0 Å². The van der Waals surface area contributed by atoms with Crippen molar-refractivity contribution in [3.8, 4) is 17.2 Å². The Morgan fingerprint density at radius 3 is 2.25 bits per heavy atom. The Labute approximate surface area is 122 Å². The molecule has 20 heavy (non-hydrogen) atoms. The van der Waals surface area contributed by atoms with E-state index in [0.717, 1.165) is 19.3 Å². The Morgan fingerprint density at radius 2 is 1.85 bits per heavy atom. The largest absolute Gasteiger partial charge is 0.496 e. The first-order chi connectivity index (χ1) is 9.63. The molecular weight excluding hydrogens is 282 g/mol. The molecule has 0 unspecified atom stereocenters. The zero-order valence-electron chi connectivity index (χ0n) is 11.7. The number of rotatable bonds is 5. The Morgan fingerprint density at radius 1 is 1.20 bits per heavy atom. The van der Waals surface area contributed by atoms with Crippen LogP contribution in [0.2, 0.25) is 5.02 Å². The molecule has 108 valence electrons. The second-order valence-electron chi connectivity index (χ2n) is 4.59. The summed E-state index contributed by atoms with van der Waals surface area (Å²) in [6.45, 7) is 0. The molecule has 5 nitrogen and oxygen atoms in total. The van der Waals surface area contributed by atoms with E-state index in [0.29, 0.717) is 27.8 Å². The average molecular weight is 298 g/mol. The van der Waals surface area contributed by atoms with Gasteiger partial charge in [0.25, 0.3) is 0 Å². The van der Waals surface area contributed by atoms with Gasteiger partial charge in [-0.15, -0.1) is 0 Å². The highest BCUT2D eigenvalue weighted by Gasteiger charge is 2.44. The van der Waals surface area contributed by atoms with Crippen molar-refractivity contribution < 1.29 is 19.0 Å². The lowest BCUT2D eigenvalue weighted by Crippen LogP contribution is -2.33. The van der Waals surface area contributed by atoms with Crippen LogP contribution in [-0.2, 0) is 10.3 Å². The number of halogens is 1. The molecule has 0 heterocycles. The van der Waals surface area contributed by atoms with Gasteiger partial charge in [0.05, 0.1) is 26.4 Å². The van der Waals surface area contributed by atoms with Crippen LogP contribution in [0.15, 0.2) is 11.1 Å². The second kappa shape index (κ2) is 5.73. The van der Waals surface area contributed by atoms with Gasteiger partial charge in [-0.1, -0.05) is 11.6 Å². The minimum absolute atomic E-state index is 0.363. The Bertz CT molecular complexity index is 563. The van der Waals surface area contributed by atoms with Crippen molar-refractivity contribution in [1.29, 1.82) is 0 Å². The topological polar surface area (TPSA) is 57.1 Å². The van der Waals surface area contributed by atoms with Gasteiger partial charge in [0.1, 0.15) is 11.3 Å². The maximum absolute atomic E-state index is 10.7. The number of aliphatic imine (C=N–C) groups is 1. The molecule has 0 aromatic heterocycles. The number of hydrogen-bond donors (Lipinski definition) is 0. The van der Waals surface area contributed by atoms with Crippen molar-refractivity contribution in [2.75, 3.05) is 21.3 Å². The molecule has 6 heteroatoms. The molecule has 0 N–H and O–H groups in total. The molecule has 1 aromatic rings. The average Bonchev–Trinajstić information content (AvgIpc) is 2.42. The van der Waals surface area contributed by atoms with Gasteiger partial charge in [0, 0.05) is 11.6 Å². The van der Waals surface area contributed by atoms with E-state index in [4.69, 9.17) is 25.8 Å². The van der Waals surface area contributed by atoms with E-state index in [-0.39, 0.29) is 0 Å². The van der Waals surface area contributed by atoms with Gasteiger partial charge in [-0.25, -0.2) is 4.79 Å². The fourth-order valence-corrected chi connectivity index (χ4v) is 2.98. The van der Waals surface area contributed by atoms with Crippen LogP contribution in [0.3, 0.4) is 0 Å². The van der Waals surface area contributed by atoms with Crippen molar-refractivity contribution in [3.05, 3.63) is 16.7 Å². The maximum Gasteiger partial charge on any atom is 0.235 e. The van der Waals surface area contributed by atoms with E-state index in [2.05, 4.69) is 4.99 Å². The highest BCUT2D eigenvalue weighted by Crippen LogP contribution is 2.54. The van der Waals surface area contributed by atoms with Crippen LogP contribution in [-0.4, -0.2) is 27.4 Å². The number of ether oxygens (including phenoxy) is 3. The smallest absolute Gasteiger partial charge is 0.235 e. The first kappa shape index (κ1) is 14.7. The predicted octanol–water partition coefficient (Wildman–Crippen LogP) is 3.08. The highest BCUT2D eigenvalue weighted by atomic mass is 35.5. The number of isocyanates is 1. The monoisotopic (exact) mass is 297 g/mol. The summed E-state index contributed by atoms with van der Waals surface area (Å²) in [7, 11) is 4.57. The zero-order valence-corrected chi connectivity index (χ0v) is 12.4. The third-order valence-corrected chi connectivity index (χ3v) is 4.06. The maximum atomic E-state index is 10.7. The molecule has 0 saturated heterocycles. The van der Waals surface area contributed by atoms with Gasteiger partial charge in [-0.2, -0.15) is 4.99 Å². The summed E-state index contributed by atoms with van der Waals surface area (Å²) >= 11 is 6.43. The van der Waals surface area contributed by atoms with Crippen LogP contribution in [0.25, 0.3) is 0 Å². The molecule has 0 bridgehead atoms. The van der Waals surface area contributed by atoms with Gasteiger partial charge < -0.3 is 14.2 Å². The molecule has 1 fully saturated rings. The normalized spacial score (nSPS) is 15.8. The number of methoxy groups -OCH3 is 3. The Hall–Kier alpha value is -1.71. The van der Waals surface area contributed by atoms with Crippen molar-refractivity contribution in [2.24, 2.45) is 4.99 Å². The fraction of sp³-hybridized carbons (Fsp3) is 0.500. The number of benzene rings is 1. The van der Waals surface area contributed by atoms with Crippen molar-refractivity contribution >= 4 is 17.7 Å². The Balaban J connectivity index is 2.71. The molecule has 0 atom stereocenters. The SMILES string of the molecule is COc1cc(OC)c(C2(N=C=O)CCC2)c(Cl)c1OC. The van der Waals surface area contributed by atoms with Gasteiger partial charge in [0.2, 0.25) is 6.08 Å². The number of hydrogen-bond acceptors (Lipinski definition) is 5. The minimum atomic E-state index is -0.663. The van der Waals surface area contributed by atoms with E-state index < -0.39 is 5.54 Å². The minimum Gasteiger partial charge on any atom is -0.496 e. The van der Waals surface area contributed by atoms with E-state index in [9.17, 15) is 4.79 Å². The lowest BCUT2D eigenvalue weighted by atomic mass is 9.72. The zero-order chi connectivity index (χ0) is 14.8. The summed E-state index contributed by atoms with van der Waals surface area (Å²) in [5.74, 6) is 1.42. The van der Waals surface area contributed by atoms with Crippen LogP contribution >= 0.6 is 11.6 Å². The molecule has 0 aliphatic heterocycles. The molecule has 1 aliphatic rings. The van der Waals surface area contributed by atoms with Gasteiger partial charge >= 0.3 is 0 Å². The molecule has 0 amide bonds. The second-order valence-corrected chi connectivity index (χ2v) is 4.97. The third-order valence-electron chi connectivity index (χ3n) is 3.70. The Kier molecular flexibility index (Phi) is 4.21. The van der Waals surface area contributed by atoms with Gasteiger partial charge in [0.15, 0.2) is 11.5 Å². The fourth-order valence-electron chi connectivity index (χ4n) is 2.54. The van der Waals surface area contributed by atoms with E-state index in [1.807, 2.05) is 0 Å². The third kappa shape index (κ3) is 2.13. The standard InChI is InChI=1S/C14H16ClNO4/c1-18-9-7-10(19-2)13(20-3)12(15)11(9)14(16-8-17)5-4-6-14/h7H,4-6H2,1-3H3. The first-order valence-corrected chi connectivity index (χ1v) is 6.59. The molecule has 2 rings (SSSR count). The summed E-state index contributed by atoms with van der Waals surface area (Å²) in [4.78, 5) is 14.7. The van der Waals surface area contributed by atoms with Crippen LogP contribution < -0.4 is 14.2 Å². The summed E-state index contributed by atoms with van der Waals surface area (Å²) < 4.78 is 15.9. The van der Waals surface area contributed by atoms with Crippen molar-refractivity contribution in [3.63, 3.8) is 0 Å². The summed E-state index contributed by atoms with van der Waals surface area (Å²) in [6.07, 6.45) is 4.07. The highest BCUT2D eigenvalue weighted by molar-refractivity contribution is 6.33. The lowest BCUT2D eigenvalue weighted by molar-refractivity contribution is 0.244. The summed E-state index contributed by atoms with van der Waals surface area (Å²) in [5.41, 5.74) is -0.00193. The predicted molar refractivity (Wildman–Crippen MR) is 74.8 cm³/mol. The molecule has 1 aliphatic carbocycles. The van der Waals surface area contributed by atoms with Crippen LogP contribution in [0, 0.1) is 0 Å². The van der Waals surface area contributed by atoms with Gasteiger partial charge in [-0.3, -0.25) is 0 Å². The molecule has 0 spiro atoms. The molecular formula is C14H16ClNO4. The van der Waals surface area contributed by atoms with E-state index in [1.165, 1.54) is 21.3 Å². The van der Waals surface area contributed by atoms with Gasteiger partial charge in [-0.05, 0) is 19.3 Å². The number of carbonyl (C=O) groups excluding carboxylic acids is 1. The van der Waals surface area contributed by atoms with E-state index in [1.54, 1.807) is 12.1 Å². The lowest BCUT2D eigenvalue weighted by Gasteiger charge is -2.38.